The van der Waals surface area contributed by atoms with E-state index in [1.807, 2.05) is 17.3 Å². The Morgan fingerprint density at radius 1 is 1.25 bits per heavy atom. The van der Waals surface area contributed by atoms with Gasteiger partial charge >= 0.3 is 6.18 Å². The summed E-state index contributed by atoms with van der Waals surface area (Å²) in [5, 5.41) is 3.35. The molecule has 3 rings (SSSR count). The molecule has 0 saturated carbocycles. The van der Waals surface area contributed by atoms with Crippen LogP contribution in [0, 0.1) is 6.92 Å². The van der Waals surface area contributed by atoms with Crippen molar-refractivity contribution in [1.82, 2.24) is 15.2 Å². The number of alkyl halides is 3. The molecule has 1 N–H and O–H groups in total. The molecule has 1 aromatic carbocycles. The summed E-state index contributed by atoms with van der Waals surface area (Å²) >= 11 is 1.60. The van der Waals surface area contributed by atoms with Crippen LogP contribution in [0.4, 0.5) is 18.9 Å². The van der Waals surface area contributed by atoms with Gasteiger partial charge in [-0.1, -0.05) is 6.07 Å². The van der Waals surface area contributed by atoms with Crippen molar-refractivity contribution in [2.45, 2.75) is 19.6 Å². The molecular weight excluding hydrogens is 502 g/mol. The van der Waals surface area contributed by atoms with Gasteiger partial charge < -0.3 is 15.1 Å². The third kappa shape index (κ3) is 5.49. The van der Waals surface area contributed by atoms with Crippen molar-refractivity contribution in [3.63, 3.8) is 0 Å². The fraction of sp³-hybridized carbons (Fsp3) is 0.444. The van der Waals surface area contributed by atoms with Crippen molar-refractivity contribution >= 4 is 47.0 Å². The Bertz CT molecular complexity index is 801. The number of nitrogens with zero attached hydrogens (tertiary/aromatic N) is 4. The Kier molecular flexibility index (Phi) is 7.93. The number of hydrogen-bond acceptors (Lipinski definition) is 4. The highest BCUT2D eigenvalue weighted by atomic mass is 127. The summed E-state index contributed by atoms with van der Waals surface area (Å²) in [4.78, 5) is 13.8. The van der Waals surface area contributed by atoms with Gasteiger partial charge in [0.2, 0.25) is 0 Å². The SMILES string of the molecule is CN=C(NCc1scnc1C)N1CCN(c2cccc(C(F)(F)F)c2)CC1.I. The van der Waals surface area contributed by atoms with Crippen LogP contribution in [0.2, 0.25) is 0 Å². The van der Waals surface area contributed by atoms with Crippen LogP contribution in [0.25, 0.3) is 0 Å². The zero-order valence-electron chi connectivity index (χ0n) is 15.7. The lowest BCUT2D eigenvalue weighted by molar-refractivity contribution is -0.137. The average molecular weight is 525 g/mol. The normalized spacial score (nSPS) is 15.4. The predicted molar refractivity (Wildman–Crippen MR) is 118 cm³/mol. The first-order valence-corrected chi connectivity index (χ1v) is 9.53. The Labute approximate surface area is 183 Å². The van der Waals surface area contributed by atoms with Gasteiger partial charge in [-0.15, -0.1) is 35.3 Å². The van der Waals surface area contributed by atoms with E-state index in [-0.39, 0.29) is 24.0 Å². The molecule has 154 valence electrons. The molecule has 0 atom stereocenters. The van der Waals surface area contributed by atoms with E-state index in [1.165, 1.54) is 17.0 Å². The van der Waals surface area contributed by atoms with E-state index < -0.39 is 11.7 Å². The minimum Gasteiger partial charge on any atom is -0.368 e. The van der Waals surface area contributed by atoms with Gasteiger partial charge in [0, 0.05) is 43.8 Å². The van der Waals surface area contributed by atoms with E-state index in [4.69, 9.17) is 0 Å². The summed E-state index contributed by atoms with van der Waals surface area (Å²) in [5.41, 5.74) is 2.83. The Balaban J connectivity index is 0.00000280. The number of aryl methyl sites for hydroxylation is 1. The quantitative estimate of drug-likeness (QED) is 0.374. The van der Waals surface area contributed by atoms with Gasteiger partial charge in [-0.2, -0.15) is 13.2 Å². The molecule has 0 bridgehead atoms. The molecule has 0 amide bonds. The largest absolute Gasteiger partial charge is 0.416 e. The number of aliphatic imine (C=N–C) groups is 1. The van der Waals surface area contributed by atoms with Gasteiger partial charge in [-0.25, -0.2) is 4.98 Å². The van der Waals surface area contributed by atoms with Crippen LogP contribution in [0.3, 0.4) is 0 Å². The molecule has 1 aliphatic heterocycles. The van der Waals surface area contributed by atoms with Crippen LogP contribution < -0.4 is 10.2 Å². The summed E-state index contributed by atoms with van der Waals surface area (Å²) in [6.45, 7) is 5.31. The van der Waals surface area contributed by atoms with E-state index >= 15 is 0 Å². The Morgan fingerprint density at radius 2 is 1.96 bits per heavy atom. The Hall–Kier alpha value is -1.56. The molecule has 1 saturated heterocycles. The van der Waals surface area contributed by atoms with Gasteiger partial charge in [-0.3, -0.25) is 4.99 Å². The summed E-state index contributed by atoms with van der Waals surface area (Å²) in [6.07, 6.45) is -4.32. The summed E-state index contributed by atoms with van der Waals surface area (Å²) in [6, 6.07) is 5.51. The number of piperazine rings is 1. The Morgan fingerprint density at radius 3 is 2.54 bits per heavy atom. The molecule has 1 aliphatic rings. The highest BCUT2D eigenvalue weighted by Gasteiger charge is 2.31. The maximum Gasteiger partial charge on any atom is 0.416 e. The van der Waals surface area contributed by atoms with Crippen LogP contribution in [-0.2, 0) is 12.7 Å². The number of guanidine groups is 1. The number of benzene rings is 1. The second-order valence-corrected chi connectivity index (χ2v) is 7.22. The molecule has 2 heterocycles. The fourth-order valence-corrected chi connectivity index (χ4v) is 3.76. The van der Waals surface area contributed by atoms with Gasteiger partial charge in [0.15, 0.2) is 5.96 Å². The number of hydrogen-bond donors (Lipinski definition) is 1. The first-order valence-electron chi connectivity index (χ1n) is 8.65. The standard InChI is InChI=1S/C18H22F3N5S.HI/c1-13-16(27-12-24-13)11-23-17(22-2)26-8-6-25(7-9-26)15-5-3-4-14(10-15)18(19,20)21;/h3-5,10,12H,6-9,11H2,1-2H3,(H,22,23);1H. The van der Waals surface area contributed by atoms with Crippen LogP contribution in [0.5, 0.6) is 0 Å². The molecular formula is C18H23F3IN5S. The topological polar surface area (TPSA) is 43.8 Å². The molecule has 1 fully saturated rings. The monoisotopic (exact) mass is 525 g/mol. The molecule has 1 aromatic heterocycles. The van der Waals surface area contributed by atoms with Crippen molar-refractivity contribution < 1.29 is 13.2 Å². The zero-order valence-corrected chi connectivity index (χ0v) is 18.8. The van der Waals surface area contributed by atoms with Crippen LogP contribution in [0.1, 0.15) is 16.1 Å². The molecule has 10 heteroatoms. The van der Waals surface area contributed by atoms with Crippen molar-refractivity contribution in [3.8, 4) is 0 Å². The molecule has 0 spiro atoms. The maximum atomic E-state index is 12.9. The second kappa shape index (κ2) is 9.77. The van der Waals surface area contributed by atoms with Gasteiger partial charge in [0.1, 0.15) is 0 Å². The van der Waals surface area contributed by atoms with E-state index in [0.717, 1.165) is 17.7 Å². The zero-order chi connectivity index (χ0) is 19.4. The lowest BCUT2D eigenvalue weighted by atomic mass is 10.1. The molecule has 2 aromatic rings. The summed E-state index contributed by atoms with van der Waals surface area (Å²) in [5.74, 6) is 0.798. The lowest BCUT2D eigenvalue weighted by Crippen LogP contribution is -2.52. The predicted octanol–water partition coefficient (Wildman–Crippen LogP) is 3.99. The molecule has 0 radical (unpaired) electrons. The number of rotatable bonds is 3. The second-order valence-electron chi connectivity index (χ2n) is 6.28. The van der Waals surface area contributed by atoms with Gasteiger partial charge in [0.05, 0.1) is 23.3 Å². The number of nitrogens with one attached hydrogen (secondary N) is 1. The highest BCUT2D eigenvalue weighted by Crippen LogP contribution is 2.31. The third-order valence-corrected chi connectivity index (χ3v) is 5.52. The maximum absolute atomic E-state index is 12.9. The number of thiazole rings is 1. The smallest absolute Gasteiger partial charge is 0.368 e. The van der Waals surface area contributed by atoms with E-state index in [1.54, 1.807) is 24.5 Å². The van der Waals surface area contributed by atoms with Crippen LogP contribution in [0.15, 0.2) is 34.8 Å². The van der Waals surface area contributed by atoms with Crippen LogP contribution >= 0.6 is 35.3 Å². The van der Waals surface area contributed by atoms with Gasteiger partial charge in [0.25, 0.3) is 0 Å². The van der Waals surface area contributed by atoms with Crippen molar-refractivity contribution in [3.05, 3.63) is 45.9 Å². The average Bonchev–Trinajstić information content (AvgIpc) is 3.07. The van der Waals surface area contributed by atoms with Crippen molar-refractivity contribution in [2.24, 2.45) is 4.99 Å². The molecule has 28 heavy (non-hydrogen) atoms. The lowest BCUT2D eigenvalue weighted by Gasteiger charge is -2.37. The van der Waals surface area contributed by atoms with Crippen LogP contribution in [-0.4, -0.2) is 49.1 Å². The van der Waals surface area contributed by atoms with E-state index in [9.17, 15) is 13.2 Å². The molecule has 5 nitrogen and oxygen atoms in total. The van der Waals surface area contributed by atoms with Crippen molar-refractivity contribution in [1.29, 1.82) is 0 Å². The number of anilines is 1. The first kappa shape index (κ1) is 22.7. The number of aromatic nitrogens is 1. The fourth-order valence-electron chi connectivity index (χ4n) is 3.04. The minimum absolute atomic E-state index is 0. The minimum atomic E-state index is -4.32. The summed E-state index contributed by atoms with van der Waals surface area (Å²) in [7, 11) is 1.74. The number of halogens is 4. The van der Waals surface area contributed by atoms with Crippen molar-refractivity contribution in [2.75, 3.05) is 38.1 Å². The highest BCUT2D eigenvalue weighted by molar-refractivity contribution is 14.0. The van der Waals surface area contributed by atoms with Gasteiger partial charge in [-0.05, 0) is 25.1 Å². The molecule has 0 aliphatic carbocycles. The third-order valence-electron chi connectivity index (χ3n) is 4.58. The molecule has 0 unspecified atom stereocenters. The van der Waals surface area contributed by atoms with E-state index in [2.05, 4.69) is 20.2 Å². The van der Waals surface area contributed by atoms with E-state index in [0.29, 0.717) is 38.4 Å². The summed E-state index contributed by atoms with van der Waals surface area (Å²) < 4.78 is 38.8. The first-order chi connectivity index (χ1) is 12.9.